The maximum atomic E-state index is 2.73. The Kier molecular flexibility index (Phi) is 10.9. The van der Waals surface area contributed by atoms with E-state index in [-0.39, 0.29) is 0 Å². The summed E-state index contributed by atoms with van der Waals surface area (Å²) in [4.78, 5) is 2.73. The second-order valence-electron chi connectivity index (χ2n) is 8.20. The molecule has 1 aromatic carbocycles. The van der Waals surface area contributed by atoms with Gasteiger partial charge in [0.25, 0.3) is 0 Å². The molecule has 0 aliphatic rings. The van der Waals surface area contributed by atoms with Crippen LogP contribution in [0, 0.1) is 0 Å². The van der Waals surface area contributed by atoms with Crippen LogP contribution in [0.2, 0.25) is 0 Å². The summed E-state index contributed by atoms with van der Waals surface area (Å²) in [5, 5.41) is 0. The zero-order valence-electron chi connectivity index (χ0n) is 17.9. The van der Waals surface area contributed by atoms with Gasteiger partial charge in [-0.05, 0) is 35.8 Å². The first-order valence-corrected chi connectivity index (χ1v) is 10.9. The van der Waals surface area contributed by atoms with Gasteiger partial charge in [0.1, 0.15) is 0 Å². The molecule has 0 bridgehead atoms. The molecule has 0 aliphatic heterocycles. The number of anilines is 1. The highest BCUT2D eigenvalue weighted by Gasteiger charge is 2.19. The monoisotopic (exact) mass is 345 g/mol. The van der Waals surface area contributed by atoms with Crippen molar-refractivity contribution in [2.24, 2.45) is 0 Å². The van der Waals surface area contributed by atoms with E-state index in [1.807, 2.05) is 0 Å². The Morgan fingerprint density at radius 2 is 1.12 bits per heavy atom. The molecule has 0 amide bonds. The Labute approximate surface area is 158 Å². The highest BCUT2D eigenvalue weighted by molar-refractivity contribution is 5.62. The predicted octanol–water partition coefficient (Wildman–Crippen LogP) is 7.90. The van der Waals surface area contributed by atoms with Crippen LogP contribution >= 0.6 is 0 Å². The van der Waals surface area contributed by atoms with Crippen molar-refractivity contribution in [2.45, 2.75) is 105 Å². The van der Waals surface area contributed by atoms with E-state index in [1.165, 1.54) is 75.6 Å². The van der Waals surface area contributed by atoms with Gasteiger partial charge in [0.05, 0.1) is 0 Å². The number of nitrogens with zero attached hydrogens (tertiary/aromatic N) is 1. The first-order valence-electron chi connectivity index (χ1n) is 10.9. The molecule has 0 aliphatic carbocycles. The Balaban J connectivity index is 3.04. The molecule has 0 aromatic heterocycles. The minimum absolute atomic E-state index is 0.586. The molecule has 144 valence electrons. The third-order valence-electron chi connectivity index (χ3n) is 5.22. The first kappa shape index (κ1) is 22.1. The Bertz CT molecular complexity index is 423. The first-order chi connectivity index (χ1) is 12.0. The van der Waals surface area contributed by atoms with Gasteiger partial charge in [0.15, 0.2) is 0 Å². The van der Waals surface area contributed by atoms with Crippen LogP contribution in [-0.4, -0.2) is 13.1 Å². The minimum Gasteiger partial charge on any atom is -0.371 e. The Morgan fingerprint density at radius 3 is 1.48 bits per heavy atom. The number of hydrogen-bond acceptors (Lipinski definition) is 1. The van der Waals surface area contributed by atoms with Crippen molar-refractivity contribution in [2.75, 3.05) is 18.0 Å². The SMILES string of the molecule is CCCCCCN(CCCCCC)c1c(C(C)C)cccc1C(C)C. The van der Waals surface area contributed by atoms with Gasteiger partial charge in [-0.1, -0.05) is 98.3 Å². The van der Waals surface area contributed by atoms with Gasteiger partial charge in [-0.15, -0.1) is 0 Å². The molecule has 25 heavy (non-hydrogen) atoms. The number of rotatable bonds is 13. The Morgan fingerprint density at radius 1 is 0.680 bits per heavy atom. The lowest BCUT2D eigenvalue weighted by molar-refractivity contribution is 0.604. The van der Waals surface area contributed by atoms with Crippen molar-refractivity contribution in [3.05, 3.63) is 29.3 Å². The van der Waals surface area contributed by atoms with Crippen molar-refractivity contribution >= 4 is 5.69 Å². The summed E-state index contributed by atoms with van der Waals surface area (Å²) in [6, 6.07) is 6.98. The average Bonchev–Trinajstić information content (AvgIpc) is 2.59. The summed E-state index contributed by atoms with van der Waals surface area (Å²) in [5.41, 5.74) is 4.63. The summed E-state index contributed by atoms with van der Waals surface area (Å²) in [6.45, 7) is 16.4. The van der Waals surface area contributed by atoms with Crippen LogP contribution in [0.15, 0.2) is 18.2 Å². The molecule has 0 N–H and O–H groups in total. The van der Waals surface area contributed by atoms with Crippen molar-refractivity contribution in [1.29, 1.82) is 0 Å². The number of unbranched alkanes of at least 4 members (excludes halogenated alkanes) is 6. The van der Waals surface area contributed by atoms with Crippen LogP contribution in [0.5, 0.6) is 0 Å². The lowest BCUT2D eigenvalue weighted by Gasteiger charge is -2.32. The molecule has 1 nitrogen and oxygen atoms in total. The van der Waals surface area contributed by atoms with Crippen molar-refractivity contribution in [1.82, 2.24) is 0 Å². The van der Waals surface area contributed by atoms with E-state index in [1.54, 1.807) is 5.69 Å². The molecule has 1 rings (SSSR count). The smallest absolute Gasteiger partial charge is 0.0436 e. The van der Waals surface area contributed by atoms with Gasteiger partial charge in [0.2, 0.25) is 0 Å². The summed E-state index contributed by atoms with van der Waals surface area (Å²) in [7, 11) is 0. The molecule has 0 unspecified atom stereocenters. The van der Waals surface area contributed by atoms with Gasteiger partial charge in [-0.3, -0.25) is 0 Å². The van der Waals surface area contributed by atoms with Crippen LogP contribution in [0.3, 0.4) is 0 Å². The van der Waals surface area contributed by atoms with Gasteiger partial charge in [-0.25, -0.2) is 0 Å². The fourth-order valence-electron chi connectivity index (χ4n) is 3.67. The maximum absolute atomic E-state index is 2.73. The summed E-state index contributed by atoms with van der Waals surface area (Å²) in [5.74, 6) is 1.17. The molecule has 0 heterocycles. The highest BCUT2D eigenvalue weighted by atomic mass is 15.1. The quantitative estimate of drug-likeness (QED) is 0.328. The zero-order chi connectivity index (χ0) is 18.7. The predicted molar refractivity (Wildman–Crippen MR) is 115 cm³/mol. The number of hydrogen-bond donors (Lipinski definition) is 0. The summed E-state index contributed by atoms with van der Waals surface area (Å²) in [6.07, 6.45) is 10.7. The van der Waals surface area contributed by atoms with Crippen LogP contribution in [0.25, 0.3) is 0 Å². The van der Waals surface area contributed by atoms with Gasteiger partial charge in [0, 0.05) is 18.8 Å². The molecule has 1 aromatic rings. The number of para-hydroxylation sites is 1. The maximum Gasteiger partial charge on any atom is 0.0436 e. The van der Waals surface area contributed by atoms with Gasteiger partial charge < -0.3 is 4.90 Å². The summed E-state index contributed by atoms with van der Waals surface area (Å²) < 4.78 is 0. The van der Waals surface area contributed by atoms with E-state index in [0.717, 1.165) is 0 Å². The molecule has 0 atom stereocenters. The largest absolute Gasteiger partial charge is 0.371 e. The fraction of sp³-hybridized carbons (Fsp3) is 0.750. The van der Waals surface area contributed by atoms with Gasteiger partial charge >= 0.3 is 0 Å². The van der Waals surface area contributed by atoms with Crippen molar-refractivity contribution in [3.63, 3.8) is 0 Å². The second kappa shape index (κ2) is 12.4. The van der Waals surface area contributed by atoms with Crippen LogP contribution in [0.1, 0.15) is 116 Å². The molecule has 0 radical (unpaired) electrons. The lowest BCUT2D eigenvalue weighted by Crippen LogP contribution is -2.28. The average molecular weight is 346 g/mol. The minimum atomic E-state index is 0.586. The molecule has 0 saturated carbocycles. The third kappa shape index (κ3) is 7.42. The number of benzene rings is 1. The van der Waals surface area contributed by atoms with E-state index in [4.69, 9.17) is 0 Å². The standard InChI is InChI=1S/C24H43N/c1-7-9-11-13-18-25(19-14-12-10-8-2)24-22(20(3)4)16-15-17-23(24)21(5)6/h15-17,20-21H,7-14,18-19H2,1-6H3. The molecule has 0 fully saturated rings. The van der Waals surface area contributed by atoms with Crippen molar-refractivity contribution in [3.8, 4) is 0 Å². The Hall–Kier alpha value is -0.980. The van der Waals surface area contributed by atoms with E-state index in [9.17, 15) is 0 Å². The van der Waals surface area contributed by atoms with E-state index < -0.39 is 0 Å². The molecular formula is C24H43N. The van der Waals surface area contributed by atoms with E-state index in [0.29, 0.717) is 11.8 Å². The normalized spacial score (nSPS) is 11.5. The zero-order valence-corrected chi connectivity index (χ0v) is 17.9. The van der Waals surface area contributed by atoms with Gasteiger partial charge in [-0.2, -0.15) is 0 Å². The van der Waals surface area contributed by atoms with Crippen molar-refractivity contribution < 1.29 is 0 Å². The third-order valence-corrected chi connectivity index (χ3v) is 5.22. The molecule has 1 heteroatoms. The highest BCUT2D eigenvalue weighted by Crippen LogP contribution is 2.35. The van der Waals surface area contributed by atoms with Crippen LogP contribution in [0.4, 0.5) is 5.69 Å². The second-order valence-corrected chi connectivity index (χ2v) is 8.20. The van der Waals surface area contributed by atoms with E-state index in [2.05, 4.69) is 64.6 Å². The molecule has 0 spiro atoms. The fourth-order valence-corrected chi connectivity index (χ4v) is 3.67. The lowest BCUT2D eigenvalue weighted by atomic mass is 9.91. The summed E-state index contributed by atoms with van der Waals surface area (Å²) >= 11 is 0. The molecule has 0 saturated heterocycles. The molecular weight excluding hydrogens is 302 g/mol. The van der Waals surface area contributed by atoms with Crippen LogP contribution in [-0.2, 0) is 0 Å². The van der Waals surface area contributed by atoms with E-state index >= 15 is 0 Å². The van der Waals surface area contributed by atoms with Crippen LogP contribution < -0.4 is 4.90 Å². The topological polar surface area (TPSA) is 3.24 Å².